The Labute approximate surface area is 104 Å². The lowest BCUT2D eigenvalue weighted by Crippen LogP contribution is -2.07. The Morgan fingerprint density at radius 3 is 3.00 bits per heavy atom. The van der Waals surface area contributed by atoms with Crippen LogP contribution in [0.5, 0.6) is 0 Å². The van der Waals surface area contributed by atoms with E-state index in [-0.39, 0.29) is 0 Å². The van der Waals surface area contributed by atoms with Crippen LogP contribution in [0.2, 0.25) is 0 Å². The molecular formula is C11H15N3S2. The predicted octanol–water partition coefficient (Wildman–Crippen LogP) is 3.26. The van der Waals surface area contributed by atoms with Crippen molar-refractivity contribution < 1.29 is 0 Å². The highest BCUT2D eigenvalue weighted by molar-refractivity contribution is 7.10. The van der Waals surface area contributed by atoms with Crippen LogP contribution in [0.15, 0.2) is 17.5 Å². The Hall–Kier alpha value is -0.940. The monoisotopic (exact) mass is 253 g/mol. The van der Waals surface area contributed by atoms with E-state index in [4.69, 9.17) is 0 Å². The second-order valence-corrected chi connectivity index (χ2v) is 5.83. The maximum atomic E-state index is 4.46. The highest BCUT2D eigenvalue weighted by atomic mass is 32.1. The van der Waals surface area contributed by atoms with Gasteiger partial charge in [-0.25, -0.2) is 4.98 Å². The second-order valence-electron chi connectivity index (χ2n) is 4.05. The molecule has 2 aromatic heterocycles. The molecule has 0 aliphatic carbocycles. The van der Waals surface area contributed by atoms with Crippen molar-refractivity contribution in [1.29, 1.82) is 0 Å². The molecule has 2 rings (SSSR count). The smallest absolute Gasteiger partial charge is 0.202 e. The lowest BCUT2D eigenvalue weighted by Gasteiger charge is -2.03. The molecule has 0 unspecified atom stereocenters. The largest absolute Gasteiger partial charge is 0.360 e. The predicted molar refractivity (Wildman–Crippen MR) is 70.4 cm³/mol. The number of anilines is 1. The zero-order valence-corrected chi connectivity index (χ0v) is 11.1. The molecule has 0 aliphatic rings. The SMILES string of the molecule is CC(C)CNc1nc(Cc2cccs2)ns1. The van der Waals surface area contributed by atoms with Crippen LogP contribution < -0.4 is 5.32 Å². The number of nitrogens with zero attached hydrogens (tertiary/aromatic N) is 2. The van der Waals surface area contributed by atoms with Gasteiger partial charge >= 0.3 is 0 Å². The molecule has 0 saturated carbocycles. The van der Waals surface area contributed by atoms with Gasteiger partial charge in [-0.2, -0.15) is 4.37 Å². The molecule has 0 saturated heterocycles. The van der Waals surface area contributed by atoms with Crippen molar-refractivity contribution >= 4 is 28.0 Å². The first kappa shape index (κ1) is 11.5. The first-order chi connectivity index (χ1) is 7.74. The van der Waals surface area contributed by atoms with Gasteiger partial charge in [-0.1, -0.05) is 19.9 Å². The summed E-state index contributed by atoms with van der Waals surface area (Å²) in [5.74, 6) is 1.54. The normalized spacial score (nSPS) is 10.9. The number of rotatable bonds is 5. The standard InChI is InChI=1S/C11H15N3S2/c1-8(2)7-12-11-13-10(14-16-11)6-9-4-3-5-15-9/h3-5,8H,6-7H2,1-2H3,(H,12,13,14). The van der Waals surface area contributed by atoms with Crippen LogP contribution in [-0.4, -0.2) is 15.9 Å². The fraction of sp³-hybridized carbons (Fsp3) is 0.455. The van der Waals surface area contributed by atoms with Gasteiger partial charge in [0, 0.05) is 29.4 Å². The van der Waals surface area contributed by atoms with E-state index in [0.29, 0.717) is 5.92 Å². The van der Waals surface area contributed by atoms with Crippen LogP contribution in [0.25, 0.3) is 0 Å². The Kier molecular flexibility index (Phi) is 3.90. The Morgan fingerprint density at radius 2 is 2.31 bits per heavy atom. The molecule has 0 amide bonds. The minimum absolute atomic E-state index is 0.629. The summed E-state index contributed by atoms with van der Waals surface area (Å²) in [5, 5.41) is 6.31. The summed E-state index contributed by atoms with van der Waals surface area (Å²) in [6, 6.07) is 4.18. The topological polar surface area (TPSA) is 37.8 Å². The van der Waals surface area contributed by atoms with E-state index in [1.54, 1.807) is 11.3 Å². The molecule has 0 radical (unpaired) electrons. The van der Waals surface area contributed by atoms with Crippen LogP contribution in [0.1, 0.15) is 24.5 Å². The van der Waals surface area contributed by atoms with Crippen molar-refractivity contribution in [3.05, 3.63) is 28.2 Å². The second kappa shape index (κ2) is 5.41. The summed E-state index contributed by atoms with van der Waals surface area (Å²) in [6.07, 6.45) is 0.845. The van der Waals surface area contributed by atoms with Crippen molar-refractivity contribution in [2.75, 3.05) is 11.9 Å². The Bertz CT molecular complexity index is 420. The molecule has 1 N–H and O–H groups in total. The molecular weight excluding hydrogens is 238 g/mol. The van der Waals surface area contributed by atoms with E-state index >= 15 is 0 Å². The molecule has 0 aliphatic heterocycles. The number of thiophene rings is 1. The van der Waals surface area contributed by atoms with Gasteiger partial charge in [-0.05, 0) is 17.4 Å². The molecule has 0 bridgehead atoms. The number of hydrogen-bond acceptors (Lipinski definition) is 5. The fourth-order valence-electron chi connectivity index (χ4n) is 1.26. The van der Waals surface area contributed by atoms with Crippen molar-refractivity contribution in [3.8, 4) is 0 Å². The van der Waals surface area contributed by atoms with Crippen LogP contribution in [0.4, 0.5) is 5.13 Å². The summed E-state index contributed by atoms with van der Waals surface area (Å²) < 4.78 is 4.34. The minimum atomic E-state index is 0.629. The van der Waals surface area contributed by atoms with Crippen molar-refractivity contribution in [3.63, 3.8) is 0 Å². The molecule has 16 heavy (non-hydrogen) atoms. The maximum Gasteiger partial charge on any atom is 0.202 e. The van der Waals surface area contributed by atoms with Crippen molar-refractivity contribution in [1.82, 2.24) is 9.36 Å². The van der Waals surface area contributed by atoms with Gasteiger partial charge in [-0.3, -0.25) is 0 Å². The highest BCUT2D eigenvalue weighted by Crippen LogP contribution is 2.17. The zero-order chi connectivity index (χ0) is 11.4. The van der Waals surface area contributed by atoms with Crippen LogP contribution in [0.3, 0.4) is 0 Å². The molecule has 0 fully saturated rings. The maximum absolute atomic E-state index is 4.46. The van der Waals surface area contributed by atoms with Gasteiger partial charge in [-0.15, -0.1) is 11.3 Å². The van der Waals surface area contributed by atoms with Gasteiger partial charge in [0.25, 0.3) is 0 Å². The lowest BCUT2D eigenvalue weighted by molar-refractivity contribution is 0.688. The van der Waals surface area contributed by atoms with E-state index < -0.39 is 0 Å². The summed E-state index contributed by atoms with van der Waals surface area (Å²) in [6.45, 7) is 5.31. The summed E-state index contributed by atoms with van der Waals surface area (Å²) in [7, 11) is 0. The minimum Gasteiger partial charge on any atom is -0.360 e. The molecule has 0 atom stereocenters. The quantitative estimate of drug-likeness (QED) is 0.888. The number of aromatic nitrogens is 2. The van der Waals surface area contributed by atoms with Gasteiger partial charge in [0.15, 0.2) is 0 Å². The third-order valence-electron chi connectivity index (χ3n) is 2.04. The van der Waals surface area contributed by atoms with E-state index in [1.165, 1.54) is 16.4 Å². The zero-order valence-electron chi connectivity index (χ0n) is 9.43. The average molecular weight is 253 g/mol. The number of nitrogens with one attached hydrogen (secondary N) is 1. The van der Waals surface area contributed by atoms with E-state index in [1.807, 2.05) is 0 Å². The van der Waals surface area contributed by atoms with E-state index in [2.05, 4.69) is 46.0 Å². The lowest BCUT2D eigenvalue weighted by atomic mass is 10.2. The Morgan fingerprint density at radius 1 is 1.44 bits per heavy atom. The van der Waals surface area contributed by atoms with Crippen LogP contribution in [0, 0.1) is 5.92 Å². The van der Waals surface area contributed by atoms with Crippen molar-refractivity contribution in [2.24, 2.45) is 5.92 Å². The first-order valence-corrected chi connectivity index (χ1v) is 6.98. The molecule has 2 heterocycles. The van der Waals surface area contributed by atoms with E-state index in [9.17, 15) is 0 Å². The summed E-state index contributed by atoms with van der Waals surface area (Å²) >= 11 is 3.20. The average Bonchev–Trinajstić information content (AvgIpc) is 2.87. The van der Waals surface area contributed by atoms with Gasteiger partial charge in [0.05, 0.1) is 0 Å². The van der Waals surface area contributed by atoms with Gasteiger partial charge in [0.1, 0.15) is 5.82 Å². The molecule has 3 nitrogen and oxygen atoms in total. The Balaban J connectivity index is 1.92. The third-order valence-corrected chi connectivity index (χ3v) is 3.63. The van der Waals surface area contributed by atoms with Crippen LogP contribution >= 0.6 is 22.9 Å². The van der Waals surface area contributed by atoms with Gasteiger partial charge in [0.2, 0.25) is 5.13 Å². The number of hydrogen-bond donors (Lipinski definition) is 1. The third kappa shape index (κ3) is 3.28. The van der Waals surface area contributed by atoms with Gasteiger partial charge < -0.3 is 5.32 Å². The summed E-state index contributed by atoms with van der Waals surface area (Å²) in [5.41, 5.74) is 0. The molecule has 0 spiro atoms. The molecule has 5 heteroatoms. The highest BCUT2D eigenvalue weighted by Gasteiger charge is 2.05. The molecule has 2 aromatic rings. The summed E-state index contributed by atoms with van der Waals surface area (Å²) in [4.78, 5) is 5.77. The fourth-order valence-corrected chi connectivity index (χ4v) is 2.55. The first-order valence-electron chi connectivity index (χ1n) is 5.33. The van der Waals surface area contributed by atoms with E-state index in [0.717, 1.165) is 23.9 Å². The molecule has 86 valence electrons. The van der Waals surface area contributed by atoms with Crippen LogP contribution in [-0.2, 0) is 6.42 Å². The molecule has 0 aromatic carbocycles. The van der Waals surface area contributed by atoms with Crippen molar-refractivity contribution in [2.45, 2.75) is 20.3 Å².